The minimum absolute atomic E-state index is 0.477. The van der Waals surface area contributed by atoms with Crippen molar-refractivity contribution >= 4 is 0 Å². The van der Waals surface area contributed by atoms with Crippen molar-refractivity contribution in [3.05, 3.63) is 0 Å². The zero-order chi connectivity index (χ0) is 14.9. The smallest absolute Gasteiger partial charge is 0.0309 e. The molecule has 122 valence electrons. The largest absolute Gasteiger partial charge is 0.308 e. The molecule has 3 rings (SSSR count). The van der Waals surface area contributed by atoms with E-state index in [0.717, 1.165) is 23.9 Å². The summed E-state index contributed by atoms with van der Waals surface area (Å²) in [6.45, 7) is 9.87. The van der Waals surface area contributed by atoms with Crippen LogP contribution in [0.2, 0.25) is 0 Å². The Morgan fingerprint density at radius 2 is 1.81 bits per heavy atom. The molecule has 0 radical (unpaired) electrons. The first kappa shape index (κ1) is 15.8. The van der Waals surface area contributed by atoms with Gasteiger partial charge in [0.15, 0.2) is 0 Å². The van der Waals surface area contributed by atoms with Gasteiger partial charge in [0.1, 0.15) is 0 Å². The zero-order valence-electron chi connectivity index (χ0n) is 14.5. The molecule has 0 bridgehead atoms. The number of nitrogens with zero attached hydrogens (tertiary/aromatic N) is 1. The molecule has 0 aromatic heterocycles. The molecule has 2 heteroatoms. The number of hydrogen-bond donors (Lipinski definition) is 1. The normalized spacial score (nSPS) is 37.4. The Morgan fingerprint density at radius 1 is 1.10 bits per heavy atom. The first-order chi connectivity index (χ1) is 10.2. The molecule has 21 heavy (non-hydrogen) atoms. The van der Waals surface area contributed by atoms with E-state index in [1.807, 2.05) is 0 Å². The van der Waals surface area contributed by atoms with Crippen LogP contribution >= 0.6 is 0 Å². The molecule has 2 aliphatic carbocycles. The lowest BCUT2D eigenvalue weighted by Gasteiger charge is -2.53. The fraction of sp³-hybridized carbons (Fsp3) is 1.00. The summed E-state index contributed by atoms with van der Waals surface area (Å²) in [6.07, 6.45) is 12.9. The van der Waals surface area contributed by atoms with Crippen LogP contribution in [0, 0.1) is 11.8 Å². The minimum atomic E-state index is 0.477. The Bertz CT molecular complexity index is 332. The Balaban J connectivity index is 1.78. The molecule has 1 aliphatic heterocycles. The van der Waals surface area contributed by atoms with Gasteiger partial charge in [-0.2, -0.15) is 0 Å². The lowest BCUT2D eigenvalue weighted by atomic mass is 9.75. The molecule has 3 unspecified atom stereocenters. The summed E-state index contributed by atoms with van der Waals surface area (Å²) in [6, 6.07) is 1.64. The monoisotopic (exact) mass is 292 g/mol. The van der Waals surface area contributed by atoms with Crippen molar-refractivity contribution in [3.8, 4) is 0 Å². The standard InChI is InChI=1S/C19H36N2/c1-4-16-13-20-19(11-7-8-12-19)14-21(16)18-10-6-5-9-17(18)15(2)3/h15-18,20H,4-14H2,1-3H3. The van der Waals surface area contributed by atoms with E-state index in [0.29, 0.717) is 5.54 Å². The van der Waals surface area contributed by atoms with Crippen LogP contribution in [0.25, 0.3) is 0 Å². The van der Waals surface area contributed by atoms with E-state index in [2.05, 4.69) is 31.0 Å². The van der Waals surface area contributed by atoms with Gasteiger partial charge in [0.2, 0.25) is 0 Å². The fourth-order valence-electron chi connectivity index (χ4n) is 5.47. The molecule has 2 saturated carbocycles. The van der Waals surface area contributed by atoms with E-state index >= 15 is 0 Å². The van der Waals surface area contributed by atoms with Crippen molar-refractivity contribution in [2.75, 3.05) is 13.1 Å². The van der Waals surface area contributed by atoms with Gasteiger partial charge in [-0.05, 0) is 43.9 Å². The van der Waals surface area contributed by atoms with Gasteiger partial charge in [-0.15, -0.1) is 0 Å². The molecule has 3 atom stereocenters. The average Bonchev–Trinajstić information content (AvgIpc) is 2.95. The third kappa shape index (κ3) is 3.17. The van der Waals surface area contributed by atoms with E-state index in [1.54, 1.807) is 0 Å². The lowest BCUT2D eigenvalue weighted by Crippen LogP contribution is -2.66. The Labute approximate surface area is 132 Å². The van der Waals surface area contributed by atoms with Crippen LogP contribution < -0.4 is 5.32 Å². The maximum absolute atomic E-state index is 3.97. The number of nitrogens with one attached hydrogen (secondary N) is 1. The van der Waals surface area contributed by atoms with Gasteiger partial charge in [0.05, 0.1) is 0 Å². The van der Waals surface area contributed by atoms with Gasteiger partial charge < -0.3 is 5.32 Å². The summed E-state index contributed by atoms with van der Waals surface area (Å²) in [5, 5.41) is 3.97. The van der Waals surface area contributed by atoms with E-state index in [9.17, 15) is 0 Å². The van der Waals surface area contributed by atoms with Gasteiger partial charge >= 0.3 is 0 Å². The van der Waals surface area contributed by atoms with E-state index in [1.165, 1.54) is 70.9 Å². The molecule has 0 aromatic carbocycles. The predicted octanol–water partition coefficient (Wildman–Crippen LogP) is 4.20. The molecule has 3 aliphatic rings. The van der Waals surface area contributed by atoms with Crippen molar-refractivity contribution in [1.82, 2.24) is 10.2 Å². The summed E-state index contributed by atoms with van der Waals surface area (Å²) in [7, 11) is 0. The maximum Gasteiger partial charge on any atom is 0.0309 e. The third-order valence-electron chi connectivity index (χ3n) is 6.76. The van der Waals surface area contributed by atoms with Crippen LogP contribution in [0.1, 0.15) is 78.6 Å². The van der Waals surface area contributed by atoms with Gasteiger partial charge in [0.25, 0.3) is 0 Å². The van der Waals surface area contributed by atoms with E-state index in [4.69, 9.17) is 0 Å². The van der Waals surface area contributed by atoms with Gasteiger partial charge in [-0.1, -0.05) is 46.5 Å². The summed E-state index contributed by atoms with van der Waals surface area (Å²) < 4.78 is 0. The van der Waals surface area contributed by atoms with Crippen LogP contribution in [-0.4, -0.2) is 35.6 Å². The fourth-order valence-corrected chi connectivity index (χ4v) is 5.47. The highest BCUT2D eigenvalue weighted by molar-refractivity contribution is 5.03. The van der Waals surface area contributed by atoms with Crippen LogP contribution in [-0.2, 0) is 0 Å². The second-order valence-corrected chi connectivity index (χ2v) is 8.36. The Morgan fingerprint density at radius 3 is 2.48 bits per heavy atom. The topological polar surface area (TPSA) is 15.3 Å². The van der Waals surface area contributed by atoms with Crippen molar-refractivity contribution in [2.24, 2.45) is 11.8 Å². The second-order valence-electron chi connectivity index (χ2n) is 8.36. The summed E-state index contributed by atoms with van der Waals surface area (Å²) in [5.74, 6) is 1.78. The van der Waals surface area contributed by atoms with E-state index in [-0.39, 0.29) is 0 Å². The molecule has 1 N–H and O–H groups in total. The van der Waals surface area contributed by atoms with Gasteiger partial charge in [-0.25, -0.2) is 0 Å². The maximum atomic E-state index is 3.97. The van der Waals surface area contributed by atoms with Crippen LogP contribution in [0.3, 0.4) is 0 Å². The van der Waals surface area contributed by atoms with Crippen LogP contribution in [0.5, 0.6) is 0 Å². The minimum Gasteiger partial charge on any atom is -0.308 e. The molecule has 1 saturated heterocycles. The van der Waals surface area contributed by atoms with Crippen molar-refractivity contribution in [1.29, 1.82) is 0 Å². The van der Waals surface area contributed by atoms with Crippen molar-refractivity contribution in [2.45, 2.75) is 96.2 Å². The highest BCUT2D eigenvalue weighted by Gasteiger charge is 2.44. The molecular formula is C19H36N2. The number of hydrogen-bond acceptors (Lipinski definition) is 2. The first-order valence-corrected chi connectivity index (χ1v) is 9.66. The SMILES string of the molecule is CCC1CNC2(CCCC2)CN1C1CCCCC1C(C)C. The molecule has 0 amide bonds. The highest BCUT2D eigenvalue weighted by atomic mass is 15.3. The number of rotatable bonds is 3. The molecule has 0 aromatic rings. The van der Waals surface area contributed by atoms with Gasteiger partial charge in [-0.3, -0.25) is 4.90 Å². The number of piperazine rings is 1. The first-order valence-electron chi connectivity index (χ1n) is 9.66. The Hall–Kier alpha value is -0.0800. The molecule has 1 spiro atoms. The molecule has 3 fully saturated rings. The molecule has 1 heterocycles. The third-order valence-corrected chi connectivity index (χ3v) is 6.76. The Kier molecular flexibility index (Phi) is 4.95. The predicted molar refractivity (Wildman–Crippen MR) is 90.6 cm³/mol. The zero-order valence-corrected chi connectivity index (χ0v) is 14.5. The summed E-state index contributed by atoms with van der Waals surface area (Å²) in [5.41, 5.74) is 0.477. The average molecular weight is 293 g/mol. The van der Waals surface area contributed by atoms with E-state index < -0.39 is 0 Å². The molecular weight excluding hydrogens is 256 g/mol. The van der Waals surface area contributed by atoms with Crippen molar-refractivity contribution in [3.63, 3.8) is 0 Å². The summed E-state index contributed by atoms with van der Waals surface area (Å²) >= 11 is 0. The van der Waals surface area contributed by atoms with Crippen molar-refractivity contribution < 1.29 is 0 Å². The lowest BCUT2D eigenvalue weighted by molar-refractivity contribution is -0.00841. The van der Waals surface area contributed by atoms with Crippen LogP contribution in [0.4, 0.5) is 0 Å². The summed E-state index contributed by atoms with van der Waals surface area (Å²) in [4.78, 5) is 2.98. The van der Waals surface area contributed by atoms with Gasteiger partial charge in [0, 0.05) is 30.7 Å². The second kappa shape index (κ2) is 6.58. The van der Waals surface area contributed by atoms with Crippen LogP contribution in [0.15, 0.2) is 0 Å². The quantitative estimate of drug-likeness (QED) is 0.839. The highest BCUT2D eigenvalue weighted by Crippen LogP contribution is 2.39. The molecule has 2 nitrogen and oxygen atoms in total.